The van der Waals surface area contributed by atoms with E-state index < -0.39 is 54.4 Å². The zero-order valence-corrected chi connectivity index (χ0v) is 12.3. The zero-order valence-electron chi connectivity index (χ0n) is 12.3. The normalized spacial score (nSPS) is 38.8. The third kappa shape index (κ3) is 3.63. The molecule has 1 aliphatic heterocycles. The molecule has 11 nitrogen and oxygen atoms in total. The van der Waals surface area contributed by atoms with Crippen LogP contribution in [0.15, 0.2) is 0 Å². The first-order valence-corrected chi connectivity index (χ1v) is 7.04. The molecule has 23 heavy (non-hydrogen) atoms. The molecule has 1 saturated heterocycles. The Morgan fingerprint density at radius 3 is 2.30 bits per heavy atom. The molecule has 1 rings (SSSR count). The lowest BCUT2D eigenvalue weighted by atomic mass is 9.77. The summed E-state index contributed by atoms with van der Waals surface area (Å²) in [6.07, 6.45) is -7.57. The first-order valence-electron chi connectivity index (χ1n) is 7.04. The second-order valence-electron chi connectivity index (χ2n) is 5.63. The number of nitrogens with two attached hydrogens (primary N) is 2. The third-order valence-electron chi connectivity index (χ3n) is 4.07. The van der Waals surface area contributed by atoms with Gasteiger partial charge in [0.15, 0.2) is 0 Å². The van der Waals surface area contributed by atoms with E-state index in [1.54, 1.807) is 0 Å². The molecule has 7 atom stereocenters. The van der Waals surface area contributed by atoms with Crippen LogP contribution in [0.25, 0.3) is 0 Å². The molecule has 0 amide bonds. The lowest BCUT2D eigenvalue weighted by molar-refractivity contribution is -0.381. The van der Waals surface area contributed by atoms with E-state index in [9.17, 15) is 30.3 Å². The molecule has 0 aromatic heterocycles. The number of carboxylic acids is 1. The zero-order chi connectivity index (χ0) is 18.0. The molecule has 136 valence electrons. The Bertz CT molecular complexity index is 419. The van der Waals surface area contributed by atoms with Crippen LogP contribution in [-0.4, -0.2) is 90.8 Å². The second-order valence-corrected chi connectivity index (χ2v) is 5.63. The maximum Gasteiger partial charge on any atom is 0.351 e. The summed E-state index contributed by atoms with van der Waals surface area (Å²) < 4.78 is 5.02. The smallest absolute Gasteiger partial charge is 0.351 e. The van der Waals surface area contributed by atoms with Crippen molar-refractivity contribution in [3.8, 4) is 0 Å². The molecule has 0 aliphatic carbocycles. The summed E-state index contributed by atoms with van der Waals surface area (Å²) in [5, 5.41) is 68.4. The summed E-state index contributed by atoms with van der Waals surface area (Å²) in [5.41, 5.74) is 7.65. The fourth-order valence-electron chi connectivity index (χ4n) is 2.68. The Morgan fingerprint density at radius 1 is 1.30 bits per heavy atom. The number of hydrogen-bond acceptors (Lipinski definition) is 10. The molecule has 11 N–H and O–H groups in total. The van der Waals surface area contributed by atoms with Gasteiger partial charge in [-0.1, -0.05) is 0 Å². The minimum Gasteiger partial charge on any atom is -0.478 e. The Labute approximate surface area is 131 Å². The van der Waals surface area contributed by atoms with Gasteiger partial charge in [-0.25, -0.2) is 4.79 Å². The van der Waals surface area contributed by atoms with Gasteiger partial charge in [0, 0.05) is 0 Å². The number of aliphatic hydroxyl groups is 6. The van der Waals surface area contributed by atoms with Crippen LogP contribution in [0, 0.1) is 5.92 Å². The second kappa shape index (κ2) is 7.34. The summed E-state index contributed by atoms with van der Waals surface area (Å²) in [6, 6.07) is 0. The van der Waals surface area contributed by atoms with E-state index in [1.807, 2.05) is 0 Å². The van der Waals surface area contributed by atoms with Crippen LogP contribution in [0.5, 0.6) is 0 Å². The van der Waals surface area contributed by atoms with Gasteiger partial charge in [0.25, 0.3) is 0 Å². The summed E-state index contributed by atoms with van der Waals surface area (Å²) in [4.78, 5) is 11.2. The molecule has 0 saturated carbocycles. The van der Waals surface area contributed by atoms with Crippen LogP contribution in [0.1, 0.15) is 12.8 Å². The molecule has 1 heterocycles. The highest BCUT2D eigenvalue weighted by Gasteiger charge is 2.62. The fourth-order valence-corrected chi connectivity index (χ4v) is 2.68. The molecule has 1 aliphatic rings. The van der Waals surface area contributed by atoms with Gasteiger partial charge < -0.3 is 46.2 Å². The van der Waals surface area contributed by atoms with E-state index in [4.69, 9.17) is 26.4 Å². The maximum atomic E-state index is 11.2. The fraction of sp³-hybridized carbons (Fsp3) is 0.917. The van der Waals surface area contributed by atoms with Gasteiger partial charge in [-0.15, -0.1) is 0 Å². The molecule has 0 spiro atoms. The Kier molecular flexibility index (Phi) is 6.43. The highest BCUT2D eigenvalue weighted by atomic mass is 16.7. The summed E-state index contributed by atoms with van der Waals surface area (Å²) in [5.74, 6) is -6.53. The SMILES string of the molecule is NCCCC(C(N)(O)C(=O)O)C1(O)OC(CO)C(O)C(O)C1O. The third-order valence-corrected chi connectivity index (χ3v) is 4.07. The van der Waals surface area contributed by atoms with Gasteiger partial charge >= 0.3 is 5.97 Å². The summed E-state index contributed by atoms with van der Waals surface area (Å²) in [7, 11) is 0. The van der Waals surface area contributed by atoms with Crippen LogP contribution in [0.2, 0.25) is 0 Å². The number of carbonyl (C=O) groups is 1. The number of rotatable bonds is 7. The van der Waals surface area contributed by atoms with Crippen molar-refractivity contribution < 1.29 is 45.3 Å². The average molecular weight is 340 g/mol. The Morgan fingerprint density at radius 2 is 1.87 bits per heavy atom. The van der Waals surface area contributed by atoms with Crippen molar-refractivity contribution in [3.05, 3.63) is 0 Å². The van der Waals surface area contributed by atoms with E-state index in [2.05, 4.69) is 0 Å². The minimum atomic E-state index is -3.02. The quantitative estimate of drug-likeness (QED) is 0.200. The highest BCUT2D eigenvalue weighted by Crippen LogP contribution is 2.39. The van der Waals surface area contributed by atoms with Gasteiger partial charge in [0.05, 0.1) is 12.5 Å². The van der Waals surface area contributed by atoms with E-state index in [0.717, 1.165) is 0 Å². The van der Waals surface area contributed by atoms with Crippen molar-refractivity contribution in [3.63, 3.8) is 0 Å². The summed E-state index contributed by atoms with van der Waals surface area (Å²) in [6.45, 7) is -0.778. The molecule has 0 radical (unpaired) electrons. The number of aliphatic carboxylic acids is 1. The van der Waals surface area contributed by atoms with Gasteiger partial charge in [0.1, 0.15) is 24.4 Å². The molecule has 11 heteroatoms. The van der Waals surface area contributed by atoms with Gasteiger partial charge in [-0.05, 0) is 19.4 Å². The molecule has 0 bridgehead atoms. The molecular formula is C12H24N2O9. The number of hydrogen-bond donors (Lipinski definition) is 9. The Balaban J connectivity index is 3.27. The minimum absolute atomic E-state index is 0.0625. The predicted molar refractivity (Wildman–Crippen MR) is 73.5 cm³/mol. The van der Waals surface area contributed by atoms with Gasteiger partial charge in [0.2, 0.25) is 11.5 Å². The number of aliphatic hydroxyl groups excluding tert-OH is 4. The Hall–Kier alpha value is -0.890. The van der Waals surface area contributed by atoms with Crippen molar-refractivity contribution >= 4 is 5.97 Å². The average Bonchev–Trinajstić information content (AvgIpc) is 2.49. The van der Waals surface area contributed by atoms with Crippen molar-refractivity contribution in [2.24, 2.45) is 17.4 Å². The van der Waals surface area contributed by atoms with Crippen LogP contribution in [0.4, 0.5) is 0 Å². The number of ether oxygens (including phenoxy) is 1. The lowest BCUT2D eigenvalue weighted by Crippen LogP contribution is -2.73. The van der Waals surface area contributed by atoms with Crippen molar-refractivity contribution in [1.29, 1.82) is 0 Å². The topological polar surface area (TPSA) is 220 Å². The number of carboxylic acid groups (broad SMARTS) is 1. The molecule has 7 unspecified atom stereocenters. The predicted octanol–water partition coefficient (Wildman–Crippen LogP) is -4.76. The van der Waals surface area contributed by atoms with E-state index in [0.29, 0.717) is 0 Å². The molecule has 1 fully saturated rings. The molecule has 0 aromatic carbocycles. The largest absolute Gasteiger partial charge is 0.478 e. The van der Waals surface area contributed by atoms with Crippen LogP contribution in [0.3, 0.4) is 0 Å². The monoisotopic (exact) mass is 340 g/mol. The van der Waals surface area contributed by atoms with E-state index in [1.165, 1.54) is 0 Å². The lowest BCUT2D eigenvalue weighted by Gasteiger charge is -2.51. The standard InChI is InChI=1S/C12H24N2O9/c13-3-1-2-6(11(14,21)10(19)20)12(22)9(18)8(17)7(16)5(4-15)23-12/h5-9,15-18,21-22H,1-4,13-14H2,(H,19,20). The van der Waals surface area contributed by atoms with E-state index >= 15 is 0 Å². The summed E-state index contributed by atoms with van der Waals surface area (Å²) >= 11 is 0. The first kappa shape index (κ1) is 20.2. The van der Waals surface area contributed by atoms with E-state index in [-0.39, 0.29) is 19.4 Å². The van der Waals surface area contributed by atoms with Gasteiger partial charge in [-0.2, -0.15) is 0 Å². The highest BCUT2D eigenvalue weighted by molar-refractivity contribution is 5.76. The molecular weight excluding hydrogens is 316 g/mol. The van der Waals surface area contributed by atoms with Crippen LogP contribution in [-0.2, 0) is 9.53 Å². The van der Waals surface area contributed by atoms with Crippen LogP contribution < -0.4 is 11.5 Å². The van der Waals surface area contributed by atoms with Crippen LogP contribution >= 0.6 is 0 Å². The molecule has 0 aromatic rings. The van der Waals surface area contributed by atoms with Gasteiger partial charge in [-0.3, -0.25) is 5.73 Å². The van der Waals surface area contributed by atoms with Crippen molar-refractivity contribution in [1.82, 2.24) is 0 Å². The van der Waals surface area contributed by atoms with Crippen molar-refractivity contribution in [2.75, 3.05) is 13.2 Å². The maximum absolute atomic E-state index is 11.2. The van der Waals surface area contributed by atoms with Crippen molar-refractivity contribution in [2.45, 2.75) is 48.8 Å². The first-order chi connectivity index (χ1) is 10.5.